The summed E-state index contributed by atoms with van der Waals surface area (Å²) in [6.45, 7) is 5.03. The molecule has 1 saturated heterocycles. The van der Waals surface area contributed by atoms with Gasteiger partial charge in [0, 0.05) is 49.1 Å². The molecule has 158 valence electrons. The summed E-state index contributed by atoms with van der Waals surface area (Å²) in [5.41, 5.74) is 1.33. The number of hydrogen-bond donors (Lipinski definition) is 2. The van der Waals surface area contributed by atoms with Gasteiger partial charge in [-0.25, -0.2) is 4.98 Å². The SMILES string of the molecule is FC(F)(F)c1ccc(Nc2ccnc3cnc(NCCN4CCOCC4)cc23)cc1. The summed E-state index contributed by atoms with van der Waals surface area (Å²) in [4.78, 5) is 11.1. The Morgan fingerprint density at radius 2 is 1.80 bits per heavy atom. The molecule has 3 heterocycles. The van der Waals surface area contributed by atoms with E-state index in [2.05, 4.69) is 25.5 Å². The van der Waals surface area contributed by atoms with E-state index in [9.17, 15) is 13.2 Å². The molecule has 0 unspecified atom stereocenters. The lowest BCUT2D eigenvalue weighted by Crippen LogP contribution is -2.39. The van der Waals surface area contributed by atoms with Crippen LogP contribution < -0.4 is 10.6 Å². The van der Waals surface area contributed by atoms with E-state index in [1.54, 1.807) is 18.5 Å². The quantitative estimate of drug-likeness (QED) is 0.629. The number of pyridine rings is 2. The Bertz CT molecular complexity index is 988. The molecule has 2 aromatic heterocycles. The largest absolute Gasteiger partial charge is 0.416 e. The number of hydrogen-bond acceptors (Lipinski definition) is 6. The zero-order valence-electron chi connectivity index (χ0n) is 16.2. The molecule has 0 saturated carbocycles. The molecule has 4 rings (SSSR count). The average Bonchev–Trinajstić information content (AvgIpc) is 2.75. The normalized spacial score (nSPS) is 15.3. The number of anilines is 3. The number of rotatable bonds is 6. The van der Waals surface area contributed by atoms with Crippen molar-refractivity contribution in [1.29, 1.82) is 0 Å². The van der Waals surface area contributed by atoms with Gasteiger partial charge in [-0.2, -0.15) is 13.2 Å². The van der Waals surface area contributed by atoms with E-state index in [1.165, 1.54) is 12.1 Å². The number of ether oxygens (including phenoxy) is 1. The van der Waals surface area contributed by atoms with Crippen LogP contribution in [0.5, 0.6) is 0 Å². The van der Waals surface area contributed by atoms with Crippen molar-refractivity contribution in [2.75, 3.05) is 50.0 Å². The van der Waals surface area contributed by atoms with Gasteiger partial charge in [-0.1, -0.05) is 0 Å². The minimum Gasteiger partial charge on any atom is -0.379 e. The minimum atomic E-state index is -4.35. The molecule has 1 aliphatic heterocycles. The number of halogens is 3. The van der Waals surface area contributed by atoms with Crippen LogP contribution in [-0.4, -0.2) is 54.3 Å². The molecule has 1 fully saturated rings. The van der Waals surface area contributed by atoms with Crippen LogP contribution >= 0.6 is 0 Å². The second-order valence-corrected chi connectivity index (χ2v) is 7.03. The van der Waals surface area contributed by atoms with Gasteiger partial charge in [0.05, 0.1) is 30.5 Å². The first kappa shape index (κ1) is 20.4. The van der Waals surface area contributed by atoms with Crippen molar-refractivity contribution >= 4 is 28.1 Å². The van der Waals surface area contributed by atoms with Crippen LogP contribution in [0.4, 0.5) is 30.4 Å². The molecule has 3 aromatic rings. The van der Waals surface area contributed by atoms with Crippen LogP contribution in [0.15, 0.2) is 48.8 Å². The summed E-state index contributed by atoms with van der Waals surface area (Å²) in [6.07, 6.45) is -1.03. The molecule has 0 atom stereocenters. The molecule has 1 aromatic carbocycles. The minimum absolute atomic E-state index is 0.564. The molecule has 0 aliphatic carbocycles. The average molecular weight is 417 g/mol. The van der Waals surface area contributed by atoms with Gasteiger partial charge in [0.1, 0.15) is 5.82 Å². The lowest BCUT2D eigenvalue weighted by atomic mass is 10.1. The number of benzene rings is 1. The maximum atomic E-state index is 12.8. The topological polar surface area (TPSA) is 62.3 Å². The molecule has 0 amide bonds. The summed E-state index contributed by atoms with van der Waals surface area (Å²) in [6, 6.07) is 8.64. The van der Waals surface area contributed by atoms with E-state index in [4.69, 9.17) is 4.74 Å². The van der Waals surface area contributed by atoms with Gasteiger partial charge in [-0.3, -0.25) is 9.88 Å². The van der Waals surface area contributed by atoms with Gasteiger partial charge in [-0.05, 0) is 36.4 Å². The summed E-state index contributed by atoms with van der Waals surface area (Å²) in [5.74, 6) is 0.722. The molecule has 30 heavy (non-hydrogen) atoms. The number of morpholine rings is 1. The Labute approximate surface area is 172 Å². The van der Waals surface area contributed by atoms with Crippen molar-refractivity contribution in [1.82, 2.24) is 14.9 Å². The highest BCUT2D eigenvalue weighted by Gasteiger charge is 2.29. The van der Waals surface area contributed by atoms with E-state index < -0.39 is 11.7 Å². The zero-order valence-corrected chi connectivity index (χ0v) is 16.2. The summed E-state index contributed by atoms with van der Waals surface area (Å²) < 4.78 is 43.7. The molecule has 6 nitrogen and oxygen atoms in total. The van der Waals surface area contributed by atoms with Crippen molar-refractivity contribution in [2.24, 2.45) is 0 Å². The second-order valence-electron chi connectivity index (χ2n) is 7.03. The summed E-state index contributed by atoms with van der Waals surface area (Å²) in [5, 5.41) is 7.34. The zero-order chi connectivity index (χ0) is 21.0. The fourth-order valence-electron chi connectivity index (χ4n) is 3.32. The van der Waals surface area contributed by atoms with Gasteiger partial charge in [0.15, 0.2) is 0 Å². The molecular formula is C21H22F3N5O. The maximum absolute atomic E-state index is 12.8. The van der Waals surface area contributed by atoms with Crippen LogP contribution in [0.1, 0.15) is 5.56 Å². The van der Waals surface area contributed by atoms with Crippen LogP contribution in [0.3, 0.4) is 0 Å². The van der Waals surface area contributed by atoms with Crippen molar-refractivity contribution < 1.29 is 17.9 Å². The van der Waals surface area contributed by atoms with Gasteiger partial charge < -0.3 is 15.4 Å². The molecular weight excluding hydrogens is 395 g/mol. The molecule has 2 N–H and O–H groups in total. The first-order chi connectivity index (χ1) is 14.5. The van der Waals surface area contributed by atoms with Crippen LogP contribution in [0.2, 0.25) is 0 Å². The lowest BCUT2D eigenvalue weighted by molar-refractivity contribution is -0.137. The van der Waals surface area contributed by atoms with E-state index in [0.29, 0.717) is 11.2 Å². The predicted octanol–water partition coefficient (Wildman–Crippen LogP) is 4.14. The van der Waals surface area contributed by atoms with Gasteiger partial charge in [0.2, 0.25) is 0 Å². The molecule has 9 heteroatoms. The Hall–Kier alpha value is -2.91. The summed E-state index contributed by atoms with van der Waals surface area (Å²) >= 11 is 0. The number of nitrogens with one attached hydrogen (secondary N) is 2. The second kappa shape index (κ2) is 8.85. The maximum Gasteiger partial charge on any atom is 0.416 e. The fourth-order valence-corrected chi connectivity index (χ4v) is 3.32. The number of aromatic nitrogens is 2. The Morgan fingerprint density at radius 1 is 1.03 bits per heavy atom. The van der Waals surface area contributed by atoms with Crippen molar-refractivity contribution in [3.63, 3.8) is 0 Å². The third-order valence-electron chi connectivity index (χ3n) is 4.96. The fraction of sp³-hybridized carbons (Fsp3) is 0.333. The van der Waals surface area contributed by atoms with E-state index in [0.717, 1.165) is 68.4 Å². The highest BCUT2D eigenvalue weighted by Crippen LogP contribution is 2.31. The first-order valence-corrected chi connectivity index (χ1v) is 9.72. The molecule has 0 radical (unpaired) electrons. The highest BCUT2D eigenvalue weighted by atomic mass is 19.4. The van der Waals surface area contributed by atoms with Crippen molar-refractivity contribution in [3.8, 4) is 0 Å². The number of nitrogens with zero attached hydrogens (tertiary/aromatic N) is 3. The highest BCUT2D eigenvalue weighted by molar-refractivity contribution is 5.93. The van der Waals surface area contributed by atoms with E-state index in [-0.39, 0.29) is 0 Å². The van der Waals surface area contributed by atoms with E-state index in [1.807, 2.05) is 6.07 Å². The van der Waals surface area contributed by atoms with Gasteiger partial charge >= 0.3 is 6.18 Å². The van der Waals surface area contributed by atoms with Crippen LogP contribution in [-0.2, 0) is 10.9 Å². The smallest absolute Gasteiger partial charge is 0.379 e. The standard InChI is InChI=1S/C21H22F3N5O/c22-21(23,24)15-1-3-16(4-2-15)28-18-5-6-25-19-14-27-20(13-17(18)19)26-7-8-29-9-11-30-12-10-29/h1-6,13-14H,7-12H2,(H,25,28)(H,26,27). The molecule has 0 bridgehead atoms. The first-order valence-electron chi connectivity index (χ1n) is 9.72. The van der Waals surface area contributed by atoms with Crippen LogP contribution in [0, 0.1) is 0 Å². The lowest BCUT2D eigenvalue weighted by Gasteiger charge is -2.26. The van der Waals surface area contributed by atoms with Crippen LogP contribution in [0.25, 0.3) is 10.9 Å². The van der Waals surface area contributed by atoms with Gasteiger partial charge in [0.25, 0.3) is 0 Å². The predicted molar refractivity (Wildman–Crippen MR) is 110 cm³/mol. The summed E-state index contributed by atoms with van der Waals surface area (Å²) in [7, 11) is 0. The number of alkyl halides is 3. The molecule has 0 spiro atoms. The number of fused-ring (bicyclic) bond motifs is 1. The third kappa shape index (κ3) is 4.98. The van der Waals surface area contributed by atoms with E-state index >= 15 is 0 Å². The monoisotopic (exact) mass is 417 g/mol. The Morgan fingerprint density at radius 3 is 2.53 bits per heavy atom. The van der Waals surface area contributed by atoms with Crippen molar-refractivity contribution in [3.05, 3.63) is 54.4 Å². The Kier molecular flexibility index (Phi) is 6.01. The van der Waals surface area contributed by atoms with Gasteiger partial charge in [-0.15, -0.1) is 0 Å². The van der Waals surface area contributed by atoms with Crippen molar-refractivity contribution in [2.45, 2.75) is 6.18 Å². The Balaban J connectivity index is 1.47. The molecule has 1 aliphatic rings. The third-order valence-corrected chi connectivity index (χ3v) is 4.96.